The summed E-state index contributed by atoms with van der Waals surface area (Å²) in [6, 6.07) is 2.21. The van der Waals surface area contributed by atoms with Crippen LogP contribution in [0.3, 0.4) is 0 Å². The molecule has 0 atom stereocenters. The van der Waals surface area contributed by atoms with Gasteiger partial charge in [0, 0.05) is 22.9 Å². The highest BCUT2D eigenvalue weighted by molar-refractivity contribution is 5.98. The number of aromatic nitrogens is 1. The fourth-order valence-corrected chi connectivity index (χ4v) is 3.05. The third-order valence-electron chi connectivity index (χ3n) is 4.99. The first-order valence-electron chi connectivity index (χ1n) is 9.85. The minimum atomic E-state index is -4.44. The van der Waals surface area contributed by atoms with Gasteiger partial charge in [-0.15, -0.1) is 0 Å². The lowest BCUT2D eigenvalue weighted by Crippen LogP contribution is -2.32. The molecule has 1 aromatic heterocycles. The van der Waals surface area contributed by atoms with Gasteiger partial charge < -0.3 is 10.6 Å². The molecule has 1 aliphatic carbocycles. The summed E-state index contributed by atoms with van der Waals surface area (Å²) in [7, 11) is 0. The van der Waals surface area contributed by atoms with E-state index in [0.29, 0.717) is 17.1 Å². The molecule has 1 heterocycles. The molecule has 1 amide bonds. The van der Waals surface area contributed by atoms with E-state index in [2.05, 4.69) is 34.3 Å². The third kappa shape index (κ3) is 5.93. The minimum Gasteiger partial charge on any atom is -0.365 e. The molecule has 164 valence electrons. The summed E-state index contributed by atoms with van der Waals surface area (Å²) in [5.74, 6) is 0.258. The molecule has 0 aromatic carbocycles. The van der Waals surface area contributed by atoms with Gasteiger partial charge in [-0.1, -0.05) is 19.4 Å². The zero-order chi connectivity index (χ0) is 22.7. The molecule has 2 rings (SSSR count). The molecule has 0 unspecified atom stereocenters. The van der Waals surface area contributed by atoms with Crippen molar-refractivity contribution in [2.75, 3.05) is 0 Å². The van der Waals surface area contributed by atoms with E-state index in [9.17, 15) is 18.0 Å². The maximum Gasteiger partial charge on any atom is 0.417 e. The fraction of sp³-hybridized carbons (Fsp3) is 0.500. The van der Waals surface area contributed by atoms with Crippen LogP contribution in [0.1, 0.15) is 58.7 Å². The SMILES string of the molecule is C=N/C(NC1(C)CC1)=C(/C(C(=O)NCc1ccc(C(F)(F)F)cn1)=C(C)C)C(C)C. The molecular formula is C22H29F3N4O. The van der Waals surface area contributed by atoms with Crippen molar-refractivity contribution in [1.29, 1.82) is 0 Å². The van der Waals surface area contributed by atoms with Crippen molar-refractivity contribution in [3.05, 3.63) is 52.1 Å². The Kier molecular flexibility index (Phi) is 7.10. The monoisotopic (exact) mass is 422 g/mol. The largest absolute Gasteiger partial charge is 0.417 e. The van der Waals surface area contributed by atoms with E-state index >= 15 is 0 Å². The molecule has 1 aliphatic rings. The molecule has 8 heteroatoms. The number of nitrogens with one attached hydrogen (secondary N) is 2. The first-order chi connectivity index (χ1) is 13.9. The van der Waals surface area contributed by atoms with Crippen molar-refractivity contribution in [2.45, 2.75) is 65.7 Å². The van der Waals surface area contributed by atoms with Crippen molar-refractivity contribution in [3.63, 3.8) is 0 Å². The maximum atomic E-state index is 13.0. The lowest BCUT2D eigenvalue weighted by Gasteiger charge is -2.23. The molecule has 30 heavy (non-hydrogen) atoms. The van der Waals surface area contributed by atoms with Crippen LogP contribution in [-0.4, -0.2) is 23.1 Å². The molecule has 0 saturated heterocycles. The molecule has 1 fully saturated rings. The van der Waals surface area contributed by atoms with Crippen LogP contribution in [0.5, 0.6) is 0 Å². The average molecular weight is 422 g/mol. The van der Waals surface area contributed by atoms with Crippen molar-refractivity contribution in [3.8, 4) is 0 Å². The molecule has 0 spiro atoms. The minimum absolute atomic E-state index is 0.000180. The van der Waals surface area contributed by atoms with Crippen molar-refractivity contribution in [2.24, 2.45) is 10.9 Å². The number of halogens is 3. The number of nitrogens with zero attached hydrogens (tertiary/aromatic N) is 2. The second-order valence-corrected chi connectivity index (χ2v) is 8.35. The summed E-state index contributed by atoms with van der Waals surface area (Å²) < 4.78 is 38.0. The first kappa shape index (κ1) is 23.6. The second kappa shape index (κ2) is 9.02. The van der Waals surface area contributed by atoms with Gasteiger partial charge in [-0.25, -0.2) is 4.99 Å². The highest BCUT2D eigenvalue weighted by Gasteiger charge is 2.38. The summed E-state index contributed by atoms with van der Waals surface area (Å²) in [4.78, 5) is 21.0. The Morgan fingerprint density at radius 3 is 2.33 bits per heavy atom. The van der Waals surface area contributed by atoms with E-state index in [1.165, 1.54) is 6.07 Å². The van der Waals surface area contributed by atoms with Gasteiger partial charge >= 0.3 is 6.18 Å². The Morgan fingerprint density at radius 2 is 1.93 bits per heavy atom. The van der Waals surface area contributed by atoms with E-state index in [4.69, 9.17) is 0 Å². The molecule has 1 aromatic rings. The van der Waals surface area contributed by atoms with Gasteiger partial charge in [-0.05, 0) is 58.4 Å². The Labute approximate surface area is 175 Å². The van der Waals surface area contributed by atoms with Crippen LogP contribution in [0.4, 0.5) is 13.2 Å². The van der Waals surface area contributed by atoms with E-state index in [-0.39, 0.29) is 23.9 Å². The lowest BCUT2D eigenvalue weighted by atomic mass is 9.91. The third-order valence-corrected chi connectivity index (χ3v) is 4.99. The number of aliphatic imine (C=N–C) groups is 1. The topological polar surface area (TPSA) is 66.4 Å². The van der Waals surface area contributed by atoms with E-state index in [0.717, 1.165) is 36.3 Å². The van der Waals surface area contributed by atoms with E-state index in [1.807, 2.05) is 27.7 Å². The molecule has 2 N–H and O–H groups in total. The van der Waals surface area contributed by atoms with Crippen LogP contribution in [0.25, 0.3) is 0 Å². The number of hydrogen-bond acceptors (Lipinski definition) is 4. The van der Waals surface area contributed by atoms with Gasteiger partial charge in [0.15, 0.2) is 0 Å². The quantitative estimate of drug-likeness (QED) is 0.361. The fourth-order valence-electron chi connectivity index (χ4n) is 3.05. The normalized spacial score (nSPS) is 15.9. The van der Waals surface area contributed by atoms with Gasteiger partial charge in [0.05, 0.1) is 17.8 Å². The Bertz CT molecular complexity index is 859. The molecule has 0 aliphatic heterocycles. The average Bonchev–Trinajstić information content (AvgIpc) is 3.38. The molecule has 0 radical (unpaired) electrons. The van der Waals surface area contributed by atoms with Crippen LogP contribution < -0.4 is 10.6 Å². The highest BCUT2D eigenvalue weighted by atomic mass is 19.4. The van der Waals surface area contributed by atoms with Crippen molar-refractivity contribution >= 4 is 12.6 Å². The highest BCUT2D eigenvalue weighted by Crippen LogP contribution is 2.37. The van der Waals surface area contributed by atoms with Gasteiger partial charge in [0.2, 0.25) is 0 Å². The Hall–Kier alpha value is -2.64. The van der Waals surface area contributed by atoms with Crippen LogP contribution in [0, 0.1) is 5.92 Å². The van der Waals surface area contributed by atoms with Crippen molar-refractivity contribution < 1.29 is 18.0 Å². The number of pyridine rings is 1. The summed E-state index contributed by atoms with van der Waals surface area (Å²) >= 11 is 0. The number of rotatable bonds is 8. The smallest absolute Gasteiger partial charge is 0.365 e. The number of hydrogen-bond donors (Lipinski definition) is 2. The first-order valence-corrected chi connectivity index (χ1v) is 9.85. The van der Waals surface area contributed by atoms with E-state index < -0.39 is 11.7 Å². The second-order valence-electron chi connectivity index (χ2n) is 8.35. The van der Waals surface area contributed by atoms with Gasteiger partial charge in [-0.2, -0.15) is 13.2 Å². The molecule has 5 nitrogen and oxygen atoms in total. The predicted octanol–water partition coefficient (Wildman–Crippen LogP) is 4.76. The summed E-state index contributed by atoms with van der Waals surface area (Å²) in [5, 5.41) is 6.17. The van der Waals surface area contributed by atoms with Crippen LogP contribution in [0.15, 0.2) is 45.9 Å². The lowest BCUT2D eigenvalue weighted by molar-refractivity contribution is -0.137. The van der Waals surface area contributed by atoms with Crippen molar-refractivity contribution in [1.82, 2.24) is 15.6 Å². The summed E-state index contributed by atoms with van der Waals surface area (Å²) in [6.45, 7) is 13.4. The van der Waals surface area contributed by atoms with Crippen LogP contribution >= 0.6 is 0 Å². The summed E-state index contributed by atoms with van der Waals surface area (Å²) in [5.41, 5.74) is 1.54. The summed E-state index contributed by atoms with van der Waals surface area (Å²) in [6.07, 6.45) is -1.64. The standard InChI is InChI=1S/C22H29F3N4O/c1-13(2)17(19(26-6)29-21(5)9-10-21)18(14(3)4)20(30)28-12-16-8-7-15(11-27-16)22(23,24)25/h7-8,11,13,29H,6,9-10,12H2,1-5H3,(H,28,30)/b19-17-. The predicted molar refractivity (Wildman–Crippen MR) is 112 cm³/mol. The number of carbonyl (C=O) groups excluding carboxylic acids is 1. The Morgan fingerprint density at radius 1 is 1.30 bits per heavy atom. The molecule has 0 bridgehead atoms. The maximum absolute atomic E-state index is 13.0. The van der Waals surface area contributed by atoms with Crippen LogP contribution in [0.2, 0.25) is 0 Å². The van der Waals surface area contributed by atoms with Gasteiger partial charge in [-0.3, -0.25) is 9.78 Å². The molecular weight excluding hydrogens is 393 g/mol. The zero-order valence-electron chi connectivity index (χ0n) is 18.1. The number of allylic oxidation sites excluding steroid dienone is 1. The van der Waals surface area contributed by atoms with Gasteiger partial charge in [0.25, 0.3) is 5.91 Å². The molecule has 1 saturated carbocycles. The van der Waals surface area contributed by atoms with E-state index in [1.54, 1.807) is 0 Å². The number of amides is 1. The zero-order valence-corrected chi connectivity index (χ0v) is 18.1. The Balaban J connectivity index is 2.24. The van der Waals surface area contributed by atoms with Gasteiger partial charge in [0.1, 0.15) is 5.82 Å². The number of carbonyl (C=O) groups is 1. The number of alkyl halides is 3. The van der Waals surface area contributed by atoms with Crippen LogP contribution in [-0.2, 0) is 17.5 Å².